The van der Waals surface area contributed by atoms with Crippen LogP contribution in [0.5, 0.6) is 0 Å². The van der Waals surface area contributed by atoms with Gasteiger partial charge in [-0.1, -0.05) is 0 Å². The maximum absolute atomic E-state index is 12.8. The molecule has 0 unspecified atom stereocenters. The Kier molecular flexibility index (Phi) is 5.33. The highest BCUT2D eigenvalue weighted by Crippen LogP contribution is 2.20. The van der Waals surface area contributed by atoms with E-state index in [9.17, 15) is 9.59 Å². The van der Waals surface area contributed by atoms with Crippen molar-refractivity contribution < 1.29 is 9.59 Å². The Balaban J connectivity index is 1.57. The summed E-state index contributed by atoms with van der Waals surface area (Å²) in [6.45, 7) is 5.87. The van der Waals surface area contributed by atoms with Gasteiger partial charge in [0.25, 0.3) is 5.91 Å². The van der Waals surface area contributed by atoms with Crippen molar-refractivity contribution in [2.75, 3.05) is 32.7 Å². The van der Waals surface area contributed by atoms with Crippen molar-refractivity contribution in [3.05, 3.63) is 22.4 Å². The number of nitrogens with one attached hydrogen (secondary N) is 1. The molecule has 0 spiro atoms. The molecule has 1 N–H and O–H groups in total. The predicted molar refractivity (Wildman–Crippen MR) is 91.6 cm³/mol. The second kappa shape index (κ2) is 7.45. The molecule has 126 valence electrons. The van der Waals surface area contributed by atoms with Crippen LogP contribution < -0.4 is 5.32 Å². The summed E-state index contributed by atoms with van der Waals surface area (Å²) in [5, 5.41) is 7.22. The van der Waals surface area contributed by atoms with Gasteiger partial charge in [-0.05, 0) is 44.2 Å². The number of rotatable bonds is 2. The van der Waals surface area contributed by atoms with Crippen molar-refractivity contribution in [1.29, 1.82) is 0 Å². The molecule has 2 fully saturated rings. The molecule has 0 saturated carbocycles. The van der Waals surface area contributed by atoms with Gasteiger partial charge in [-0.15, -0.1) is 0 Å². The van der Waals surface area contributed by atoms with Crippen molar-refractivity contribution in [2.24, 2.45) is 5.92 Å². The first-order valence-corrected chi connectivity index (χ1v) is 9.43. The van der Waals surface area contributed by atoms with Gasteiger partial charge < -0.3 is 15.1 Å². The Morgan fingerprint density at radius 1 is 1.22 bits per heavy atom. The third-order valence-corrected chi connectivity index (χ3v) is 5.52. The normalized spacial score (nSPS) is 26.0. The summed E-state index contributed by atoms with van der Waals surface area (Å²) in [6.07, 6.45) is 2.71. The van der Waals surface area contributed by atoms with Crippen LogP contribution in [0.2, 0.25) is 0 Å². The first kappa shape index (κ1) is 16.5. The lowest BCUT2D eigenvalue weighted by Gasteiger charge is -2.31. The number of carbonyl (C=O) groups is 2. The van der Waals surface area contributed by atoms with Gasteiger partial charge in [-0.3, -0.25) is 9.59 Å². The lowest BCUT2D eigenvalue weighted by molar-refractivity contribution is -0.136. The van der Waals surface area contributed by atoms with Crippen molar-refractivity contribution in [2.45, 2.75) is 32.2 Å². The summed E-state index contributed by atoms with van der Waals surface area (Å²) in [6, 6.07) is 2.29. The maximum Gasteiger partial charge on any atom is 0.254 e. The van der Waals surface area contributed by atoms with E-state index in [0.29, 0.717) is 19.1 Å². The van der Waals surface area contributed by atoms with Gasteiger partial charge in [0.15, 0.2) is 0 Å². The summed E-state index contributed by atoms with van der Waals surface area (Å²) < 4.78 is 0. The van der Waals surface area contributed by atoms with E-state index in [-0.39, 0.29) is 17.7 Å². The van der Waals surface area contributed by atoms with Crippen molar-refractivity contribution in [3.63, 3.8) is 0 Å². The monoisotopic (exact) mass is 335 g/mol. The minimum atomic E-state index is 0.0936. The topological polar surface area (TPSA) is 52.7 Å². The van der Waals surface area contributed by atoms with Crippen LogP contribution in [0.4, 0.5) is 0 Å². The molecule has 1 aromatic heterocycles. The Morgan fingerprint density at radius 2 is 2.00 bits per heavy atom. The second-order valence-corrected chi connectivity index (χ2v) is 7.34. The van der Waals surface area contributed by atoms with E-state index in [1.165, 1.54) is 0 Å². The van der Waals surface area contributed by atoms with Crippen molar-refractivity contribution in [3.8, 4) is 0 Å². The number of hydrogen-bond donors (Lipinski definition) is 1. The molecule has 0 aromatic carbocycles. The molecule has 0 bridgehead atoms. The van der Waals surface area contributed by atoms with Crippen LogP contribution in [-0.2, 0) is 4.79 Å². The molecule has 2 aliphatic rings. The third-order valence-electron chi connectivity index (χ3n) is 4.84. The molecule has 0 radical (unpaired) electrons. The molecule has 23 heavy (non-hydrogen) atoms. The van der Waals surface area contributed by atoms with Gasteiger partial charge in [0.05, 0.1) is 5.56 Å². The minimum Gasteiger partial charge on any atom is -0.341 e. The van der Waals surface area contributed by atoms with Crippen LogP contribution in [0.25, 0.3) is 0 Å². The number of hydrogen-bond acceptors (Lipinski definition) is 4. The van der Waals surface area contributed by atoms with Gasteiger partial charge in [-0.25, -0.2) is 0 Å². The fraction of sp³-hybridized carbons (Fsp3) is 0.647. The van der Waals surface area contributed by atoms with E-state index in [0.717, 1.165) is 44.5 Å². The average molecular weight is 335 g/mol. The molecule has 2 aliphatic heterocycles. The van der Waals surface area contributed by atoms with Gasteiger partial charge in [0.1, 0.15) is 0 Å². The summed E-state index contributed by atoms with van der Waals surface area (Å²) in [5.74, 6) is 0.518. The summed E-state index contributed by atoms with van der Waals surface area (Å²) in [4.78, 5) is 29.1. The molecule has 1 aromatic rings. The Hall–Kier alpha value is -1.40. The number of nitrogens with zero attached hydrogens (tertiary/aromatic N) is 2. The SMILES string of the molecule is C[C@H]1C[C@@H](C(=O)N2CCCN(C(=O)c3ccsc3)CC2)CCN1. The Morgan fingerprint density at radius 3 is 2.74 bits per heavy atom. The smallest absolute Gasteiger partial charge is 0.254 e. The highest BCUT2D eigenvalue weighted by atomic mass is 32.1. The van der Waals surface area contributed by atoms with Gasteiger partial charge in [0.2, 0.25) is 5.91 Å². The van der Waals surface area contributed by atoms with Crippen LogP contribution >= 0.6 is 11.3 Å². The Bertz CT molecular complexity index is 546. The molecule has 3 rings (SSSR count). The summed E-state index contributed by atoms with van der Waals surface area (Å²) in [5.41, 5.74) is 0.766. The molecule has 3 heterocycles. The maximum atomic E-state index is 12.8. The number of piperidine rings is 1. The molecule has 2 amide bonds. The van der Waals surface area contributed by atoms with Crippen LogP contribution in [0, 0.1) is 5.92 Å². The van der Waals surface area contributed by atoms with Crippen LogP contribution in [-0.4, -0.2) is 60.4 Å². The van der Waals surface area contributed by atoms with E-state index in [1.54, 1.807) is 11.3 Å². The third kappa shape index (κ3) is 3.93. The van der Waals surface area contributed by atoms with Gasteiger partial charge >= 0.3 is 0 Å². The highest BCUT2D eigenvalue weighted by Gasteiger charge is 2.30. The number of carbonyl (C=O) groups excluding carboxylic acids is 2. The Labute approximate surface area is 141 Å². The fourth-order valence-corrected chi connectivity index (χ4v) is 4.15. The fourth-order valence-electron chi connectivity index (χ4n) is 3.52. The molecule has 5 nitrogen and oxygen atoms in total. The molecule has 2 saturated heterocycles. The zero-order chi connectivity index (χ0) is 16.2. The highest BCUT2D eigenvalue weighted by molar-refractivity contribution is 7.08. The molecular weight excluding hydrogens is 310 g/mol. The van der Waals surface area contributed by atoms with Gasteiger partial charge in [0, 0.05) is 43.5 Å². The predicted octanol–water partition coefficient (Wildman–Crippen LogP) is 1.81. The zero-order valence-electron chi connectivity index (χ0n) is 13.7. The van der Waals surface area contributed by atoms with Crippen molar-refractivity contribution in [1.82, 2.24) is 15.1 Å². The lowest BCUT2D eigenvalue weighted by Crippen LogP contribution is -2.45. The first-order valence-electron chi connectivity index (χ1n) is 8.49. The number of thiophene rings is 1. The minimum absolute atomic E-state index is 0.0936. The quantitative estimate of drug-likeness (QED) is 0.897. The second-order valence-electron chi connectivity index (χ2n) is 6.56. The van der Waals surface area contributed by atoms with Gasteiger partial charge in [-0.2, -0.15) is 11.3 Å². The van der Waals surface area contributed by atoms with E-state index in [2.05, 4.69) is 12.2 Å². The van der Waals surface area contributed by atoms with Crippen molar-refractivity contribution >= 4 is 23.2 Å². The number of amides is 2. The van der Waals surface area contributed by atoms with E-state index in [4.69, 9.17) is 0 Å². The van der Waals surface area contributed by atoms with E-state index < -0.39 is 0 Å². The van der Waals surface area contributed by atoms with E-state index in [1.807, 2.05) is 26.6 Å². The summed E-state index contributed by atoms with van der Waals surface area (Å²) >= 11 is 1.54. The largest absolute Gasteiger partial charge is 0.341 e. The van der Waals surface area contributed by atoms with Crippen LogP contribution in [0.15, 0.2) is 16.8 Å². The van der Waals surface area contributed by atoms with Crippen LogP contribution in [0.3, 0.4) is 0 Å². The molecule has 6 heteroatoms. The molecule has 0 aliphatic carbocycles. The lowest BCUT2D eigenvalue weighted by atomic mass is 9.92. The van der Waals surface area contributed by atoms with E-state index >= 15 is 0 Å². The molecule has 2 atom stereocenters. The summed E-state index contributed by atoms with van der Waals surface area (Å²) in [7, 11) is 0. The zero-order valence-corrected chi connectivity index (χ0v) is 14.5. The average Bonchev–Trinajstić information content (AvgIpc) is 2.98. The van der Waals surface area contributed by atoms with Crippen LogP contribution in [0.1, 0.15) is 36.5 Å². The standard InChI is InChI=1S/C17H25N3O2S/c1-13-11-14(3-5-18-13)16(21)19-6-2-7-20(9-8-19)17(22)15-4-10-23-12-15/h4,10,12-14,18H,2-3,5-9,11H2,1H3/t13-,14-/m0/s1. The molecular formula is C17H25N3O2S. The first-order chi connectivity index (χ1) is 11.1.